The monoisotopic (exact) mass is 279 g/mol. The van der Waals surface area contributed by atoms with Crippen LogP contribution < -0.4 is 4.72 Å². The maximum Gasteiger partial charge on any atom is 0.240 e. The molecular weight excluding hydrogens is 264 g/mol. The van der Waals surface area contributed by atoms with Crippen LogP contribution in [0.1, 0.15) is 13.8 Å². The first kappa shape index (κ1) is 15.0. The molecule has 0 atom stereocenters. The number of rotatable bonds is 5. The molecule has 0 saturated carbocycles. The van der Waals surface area contributed by atoms with Crippen molar-refractivity contribution in [3.05, 3.63) is 29.8 Å². The highest BCUT2D eigenvalue weighted by Gasteiger charge is 2.22. The molecule has 0 spiro atoms. The molecule has 1 aromatic carbocycles. The lowest BCUT2D eigenvalue weighted by Gasteiger charge is -2.21. The van der Waals surface area contributed by atoms with Crippen LogP contribution in [0.15, 0.2) is 23.1 Å². The van der Waals surface area contributed by atoms with Crippen LogP contribution in [0.2, 0.25) is 0 Å². The summed E-state index contributed by atoms with van der Waals surface area (Å²) in [4.78, 5) is -0.352. The summed E-state index contributed by atoms with van der Waals surface area (Å²) in [7, 11) is -3.91. The minimum Gasteiger partial charge on any atom is -0.396 e. The molecule has 4 nitrogen and oxygen atoms in total. The molecule has 102 valence electrons. The summed E-state index contributed by atoms with van der Waals surface area (Å²) in [5, 5.41) is 9.00. The number of aliphatic hydroxyl groups is 1. The van der Waals surface area contributed by atoms with Crippen molar-refractivity contribution < 1.29 is 22.3 Å². The van der Waals surface area contributed by atoms with E-state index >= 15 is 0 Å². The third kappa shape index (κ3) is 3.72. The van der Waals surface area contributed by atoms with Gasteiger partial charge in [0.1, 0.15) is 0 Å². The van der Waals surface area contributed by atoms with Gasteiger partial charge in [0.25, 0.3) is 0 Å². The van der Waals surface area contributed by atoms with Gasteiger partial charge >= 0.3 is 0 Å². The first-order valence-corrected chi connectivity index (χ1v) is 6.72. The van der Waals surface area contributed by atoms with Crippen molar-refractivity contribution in [1.29, 1.82) is 0 Å². The molecular formula is C11H15F2NO3S. The van der Waals surface area contributed by atoms with E-state index in [4.69, 9.17) is 5.11 Å². The van der Waals surface area contributed by atoms with Gasteiger partial charge in [0.15, 0.2) is 11.6 Å². The van der Waals surface area contributed by atoms with Crippen molar-refractivity contribution in [2.45, 2.75) is 18.7 Å². The average Bonchev–Trinajstić information content (AvgIpc) is 2.30. The van der Waals surface area contributed by atoms with Crippen molar-refractivity contribution in [2.75, 3.05) is 13.2 Å². The number of nitrogens with one attached hydrogen (secondary N) is 1. The Morgan fingerprint density at radius 2 is 1.89 bits per heavy atom. The van der Waals surface area contributed by atoms with E-state index in [1.54, 1.807) is 13.8 Å². The quantitative estimate of drug-likeness (QED) is 0.852. The van der Waals surface area contributed by atoms with Crippen molar-refractivity contribution in [1.82, 2.24) is 4.72 Å². The molecule has 0 fully saturated rings. The summed E-state index contributed by atoms with van der Waals surface area (Å²) in [6.45, 7) is 3.12. The first-order valence-electron chi connectivity index (χ1n) is 5.23. The molecule has 0 aliphatic rings. The van der Waals surface area contributed by atoms with Crippen LogP contribution in [-0.4, -0.2) is 26.7 Å². The molecule has 0 aliphatic carbocycles. The van der Waals surface area contributed by atoms with Crippen molar-refractivity contribution in [3.63, 3.8) is 0 Å². The van der Waals surface area contributed by atoms with Crippen LogP contribution in [0, 0.1) is 17.0 Å². The van der Waals surface area contributed by atoms with Crippen LogP contribution >= 0.6 is 0 Å². The Labute approximate surface area is 105 Å². The lowest BCUT2D eigenvalue weighted by atomic mass is 9.96. The first-order chi connectivity index (χ1) is 8.18. The summed E-state index contributed by atoms with van der Waals surface area (Å²) in [5.74, 6) is -2.33. The van der Waals surface area contributed by atoms with Crippen LogP contribution in [-0.2, 0) is 10.0 Å². The fourth-order valence-corrected chi connectivity index (χ4v) is 2.33. The van der Waals surface area contributed by atoms with Crippen LogP contribution in [0.25, 0.3) is 0 Å². The molecule has 0 heterocycles. The van der Waals surface area contributed by atoms with Gasteiger partial charge in [0, 0.05) is 18.6 Å². The zero-order valence-corrected chi connectivity index (χ0v) is 10.9. The summed E-state index contributed by atoms with van der Waals surface area (Å²) in [6, 6.07) is 2.34. The Kier molecular flexibility index (Phi) is 4.41. The Morgan fingerprint density at radius 1 is 1.28 bits per heavy atom. The third-order valence-electron chi connectivity index (χ3n) is 2.37. The molecule has 0 radical (unpaired) electrons. The van der Waals surface area contributed by atoms with Gasteiger partial charge in [-0.15, -0.1) is 0 Å². The predicted octanol–water partition coefficient (Wildman–Crippen LogP) is 1.26. The van der Waals surface area contributed by atoms with Crippen molar-refractivity contribution in [2.24, 2.45) is 5.41 Å². The molecule has 0 bridgehead atoms. The SMILES string of the molecule is CC(C)(CO)CNS(=O)(=O)c1ccc(F)c(F)c1. The minimum absolute atomic E-state index is 0.00910. The van der Waals surface area contributed by atoms with Gasteiger partial charge in [0.05, 0.1) is 4.90 Å². The third-order valence-corrected chi connectivity index (χ3v) is 3.77. The molecule has 1 aromatic rings. The van der Waals surface area contributed by atoms with E-state index in [0.29, 0.717) is 6.07 Å². The molecule has 18 heavy (non-hydrogen) atoms. The molecule has 7 heteroatoms. The average molecular weight is 279 g/mol. The van der Waals surface area contributed by atoms with Gasteiger partial charge in [-0.3, -0.25) is 0 Å². The second kappa shape index (κ2) is 5.29. The number of sulfonamides is 1. The van der Waals surface area contributed by atoms with Gasteiger partial charge in [-0.05, 0) is 18.2 Å². The standard InChI is InChI=1S/C11H15F2NO3S/c1-11(2,7-15)6-14-18(16,17)8-3-4-9(12)10(13)5-8/h3-5,14-15H,6-7H2,1-2H3. The Morgan fingerprint density at radius 3 is 2.39 bits per heavy atom. The minimum atomic E-state index is -3.91. The fraction of sp³-hybridized carbons (Fsp3) is 0.455. The number of aliphatic hydroxyl groups excluding tert-OH is 1. The Balaban J connectivity index is 2.90. The van der Waals surface area contributed by atoms with E-state index in [9.17, 15) is 17.2 Å². The van der Waals surface area contributed by atoms with Gasteiger partial charge in [0.2, 0.25) is 10.0 Å². The van der Waals surface area contributed by atoms with E-state index < -0.39 is 27.1 Å². The molecule has 0 saturated heterocycles. The summed E-state index contributed by atoms with van der Waals surface area (Å²) < 4.78 is 51.4. The number of hydrogen-bond donors (Lipinski definition) is 2. The number of halogens is 2. The highest BCUT2D eigenvalue weighted by molar-refractivity contribution is 7.89. The van der Waals surface area contributed by atoms with Gasteiger partial charge in [-0.1, -0.05) is 13.8 Å². The summed E-state index contributed by atoms with van der Waals surface area (Å²) >= 11 is 0. The summed E-state index contributed by atoms with van der Waals surface area (Å²) in [5.41, 5.74) is -0.633. The van der Waals surface area contributed by atoms with Crippen LogP contribution in [0.3, 0.4) is 0 Å². The Bertz CT molecular complexity index is 529. The van der Waals surface area contributed by atoms with E-state index in [2.05, 4.69) is 4.72 Å². The Hall–Kier alpha value is -1.05. The van der Waals surface area contributed by atoms with Crippen LogP contribution in [0.5, 0.6) is 0 Å². The topological polar surface area (TPSA) is 66.4 Å². The summed E-state index contributed by atoms with van der Waals surface area (Å²) in [6.07, 6.45) is 0. The van der Waals surface area contributed by atoms with Gasteiger partial charge in [-0.25, -0.2) is 21.9 Å². The van der Waals surface area contributed by atoms with Crippen molar-refractivity contribution >= 4 is 10.0 Å². The lowest BCUT2D eigenvalue weighted by Crippen LogP contribution is -2.36. The van der Waals surface area contributed by atoms with E-state index in [0.717, 1.165) is 12.1 Å². The molecule has 0 aromatic heterocycles. The van der Waals surface area contributed by atoms with Crippen molar-refractivity contribution in [3.8, 4) is 0 Å². The van der Waals surface area contributed by atoms with Gasteiger partial charge in [-0.2, -0.15) is 0 Å². The molecule has 2 N–H and O–H groups in total. The van der Waals surface area contributed by atoms with E-state index in [-0.39, 0.29) is 18.0 Å². The normalized spacial score (nSPS) is 12.7. The zero-order chi connectivity index (χ0) is 14.0. The van der Waals surface area contributed by atoms with Gasteiger partial charge < -0.3 is 5.11 Å². The number of benzene rings is 1. The zero-order valence-electron chi connectivity index (χ0n) is 10.1. The molecule has 0 unspecified atom stereocenters. The molecule has 0 aliphatic heterocycles. The predicted molar refractivity (Wildman–Crippen MR) is 62.4 cm³/mol. The highest BCUT2D eigenvalue weighted by atomic mass is 32.2. The number of hydrogen-bond acceptors (Lipinski definition) is 3. The lowest BCUT2D eigenvalue weighted by molar-refractivity contribution is 0.163. The fourth-order valence-electron chi connectivity index (χ4n) is 1.07. The second-order valence-corrected chi connectivity index (χ2v) is 6.49. The molecule has 1 rings (SSSR count). The maximum atomic E-state index is 12.9. The maximum absolute atomic E-state index is 12.9. The van der Waals surface area contributed by atoms with Crippen LogP contribution in [0.4, 0.5) is 8.78 Å². The highest BCUT2D eigenvalue weighted by Crippen LogP contribution is 2.16. The van der Waals surface area contributed by atoms with E-state index in [1.807, 2.05) is 0 Å². The smallest absolute Gasteiger partial charge is 0.240 e. The largest absolute Gasteiger partial charge is 0.396 e. The van der Waals surface area contributed by atoms with E-state index in [1.165, 1.54) is 0 Å². The molecule has 0 amide bonds. The second-order valence-electron chi connectivity index (χ2n) is 4.72.